The van der Waals surface area contributed by atoms with Crippen LogP contribution in [0.1, 0.15) is 58.4 Å². The van der Waals surface area contributed by atoms with Gasteiger partial charge in [0.15, 0.2) is 0 Å². The number of carbonyl (C=O) groups is 2. The summed E-state index contributed by atoms with van der Waals surface area (Å²) in [7, 11) is 0. The van der Waals surface area contributed by atoms with Gasteiger partial charge in [-0.1, -0.05) is 26.0 Å². The van der Waals surface area contributed by atoms with Crippen LogP contribution in [0, 0.1) is 21.4 Å². The molecular formula is C23H28N4O5. The second-order valence-corrected chi connectivity index (χ2v) is 7.52. The number of nitriles is 1. The van der Waals surface area contributed by atoms with Gasteiger partial charge in [-0.25, -0.2) is 4.79 Å². The standard InChI is InChI=1S/C23H28N4O5/c1-5-18-21(23(29)32-13-7-12-24)20(16-8-10-17(11-9-16)27(30)31)22(19(6-2)25-18)26(14-28)15(3)4/h8-11,14-15,20,25H,5-7,13H2,1-4H3. The highest BCUT2D eigenvalue weighted by Crippen LogP contribution is 2.42. The molecule has 0 saturated heterocycles. The van der Waals surface area contributed by atoms with Gasteiger partial charge < -0.3 is 15.0 Å². The number of esters is 1. The van der Waals surface area contributed by atoms with Crippen molar-refractivity contribution in [3.63, 3.8) is 0 Å². The molecule has 9 nitrogen and oxygen atoms in total. The quantitative estimate of drug-likeness (QED) is 0.192. The molecule has 32 heavy (non-hydrogen) atoms. The molecule has 9 heteroatoms. The molecule has 1 atom stereocenters. The van der Waals surface area contributed by atoms with Crippen molar-refractivity contribution in [3.05, 3.63) is 62.6 Å². The van der Waals surface area contributed by atoms with Crippen molar-refractivity contribution < 1.29 is 19.2 Å². The highest BCUT2D eigenvalue weighted by Gasteiger charge is 2.38. The molecule has 170 valence electrons. The van der Waals surface area contributed by atoms with Gasteiger partial charge in [-0.2, -0.15) is 5.26 Å². The van der Waals surface area contributed by atoms with Crippen molar-refractivity contribution in [3.8, 4) is 6.07 Å². The number of amides is 1. The van der Waals surface area contributed by atoms with Crippen LogP contribution in [0.3, 0.4) is 0 Å². The fraction of sp³-hybridized carbons (Fsp3) is 0.435. The molecule has 1 unspecified atom stereocenters. The van der Waals surface area contributed by atoms with Gasteiger partial charge in [0.25, 0.3) is 5.69 Å². The summed E-state index contributed by atoms with van der Waals surface area (Å²) in [6.07, 6.45) is 1.87. The lowest BCUT2D eigenvalue weighted by Gasteiger charge is -2.38. The van der Waals surface area contributed by atoms with E-state index in [2.05, 4.69) is 5.32 Å². The maximum atomic E-state index is 13.2. The number of hydrogen-bond donors (Lipinski definition) is 1. The third-order valence-corrected chi connectivity index (χ3v) is 5.26. The summed E-state index contributed by atoms with van der Waals surface area (Å²) in [5, 5.41) is 23.2. The van der Waals surface area contributed by atoms with Crippen LogP contribution in [0.15, 0.2) is 46.9 Å². The molecule has 1 aromatic carbocycles. The number of nitro benzene ring substituents is 1. The van der Waals surface area contributed by atoms with Crippen LogP contribution in [0.4, 0.5) is 5.69 Å². The second kappa shape index (κ2) is 11.1. The zero-order valence-electron chi connectivity index (χ0n) is 18.8. The molecule has 1 aliphatic heterocycles. The van der Waals surface area contributed by atoms with E-state index in [1.54, 1.807) is 17.0 Å². The van der Waals surface area contributed by atoms with Gasteiger partial charge >= 0.3 is 5.97 Å². The van der Waals surface area contributed by atoms with Gasteiger partial charge in [-0.15, -0.1) is 0 Å². The minimum atomic E-state index is -0.663. The topological polar surface area (TPSA) is 126 Å². The van der Waals surface area contributed by atoms with Crippen molar-refractivity contribution in [2.45, 2.75) is 58.9 Å². The molecule has 1 aliphatic rings. The average Bonchev–Trinajstić information content (AvgIpc) is 2.78. The molecule has 1 heterocycles. The number of hydrogen-bond acceptors (Lipinski definition) is 7. The number of non-ortho nitro benzene ring substituents is 1. The van der Waals surface area contributed by atoms with Crippen LogP contribution < -0.4 is 5.32 Å². The normalized spacial score (nSPS) is 15.8. The predicted molar refractivity (Wildman–Crippen MR) is 118 cm³/mol. The monoisotopic (exact) mass is 440 g/mol. The lowest BCUT2D eigenvalue weighted by atomic mass is 9.81. The number of nitrogens with zero attached hydrogens (tertiary/aromatic N) is 3. The molecular weight excluding hydrogens is 412 g/mol. The molecule has 2 rings (SSSR count). The molecule has 0 aromatic heterocycles. The van der Waals surface area contributed by atoms with E-state index >= 15 is 0 Å². The molecule has 0 aliphatic carbocycles. The van der Waals surface area contributed by atoms with Crippen molar-refractivity contribution in [2.75, 3.05) is 6.61 Å². The number of allylic oxidation sites excluding steroid dienone is 3. The summed E-state index contributed by atoms with van der Waals surface area (Å²) >= 11 is 0. The first-order valence-electron chi connectivity index (χ1n) is 10.6. The number of dihydropyridines is 1. The Kier molecular flexibility index (Phi) is 8.53. The Morgan fingerprint density at radius 1 is 1.28 bits per heavy atom. The van der Waals surface area contributed by atoms with Crippen molar-refractivity contribution in [1.29, 1.82) is 5.26 Å². The highest BCUT2D eigenvalue weighted by molar-refractivity contribution is 5.93. The lowest BCUT2D eigenvalue weighted by Crippen LogP contribution is -2.40. The summed E-state index contributed by atoms with van der Waals surface area (Å²) < 4.78 is 5.36. The molecule has 1 N–H and O–H groups in total. The predicted octanol–water partition coefficient (Wildman–Crippen LogP) is 3.89. The van der Waals surface area contributed by atoms with Crippen molar-refractivity contribution in [2.24, 2.45) is 0 Å². The molecule has 0 fully saturated rings. The number of rotatable bonds is 10. The number of ether oxygens (including phenoxy) is 1. The van der Waals surface area contributed by atoms with Gasteiger partial charge in [0, 0.05) is 29.6 Å². The van der Waals surface area contributed by atoms with Gasteiger partial charge in [-0.3, -0.25) is 14.9 Å². The van der Waals surface area contributed by atoms with Crippen LogP contribution in [-0.4, -0.2) is 34.9 Å². The third-order valence-electron chi connectivity index (χ3n) is 5.26. The highest BCUT2D eigenvalue weighted by atomic mass is 16.6. The Labute approximate surface area is 187 Å². The smallest absolute Gasteiger partial charge is 0.336 e. The van der Waals surface area contributed by atoms with Gasteiger partial charge in [-0.05, 0) is 32.3 Å². The van der Waals surface area contributed by atoms with Crippen LogP contribution in [0.25, 0.3) is 0 Å². The molecule has 0 bridgehead atoms. The van der Waals surface area contributed by atoms with Gasteiger partial charge in [0.2, 0.25) is 6.41 Å². The number of benzene rings is 1. The van der Waals surface area contributed by atoms with Crippen LogP contribution in [-0.2, 0) is 14.3 Å². The van der Waals surface area contributed by atoms with Crippen LogP contribution in [0.2, 0.25) is 0 Å². The summed E-state index contributed by atoms with van der Waals surface area (Å²) in [6.45, 7) is 7.53. The Bertz CT molecular complexity index is 973. The van der Waals surface area contributed by atoms with Crippen LogP contribution in [0.5, 0.6) is 0 Å². The first-order chi connectivity index (χ1) is 15.3. The zero-order valence-corrected chi connectivity index (χ0v) is 18.8. The van der Waals surface area contributed by atoms with Gasteiger partial charge in [0.05, 0.1) is 34.6 Å². The first-order valence-corrected chi connectivity index (χ1v) is 10.6. The van der Waals surface area contributed by atoms with E-state index < -0.39 is 16.8 Å². The largest absolute Gasteiger partial charge is 0.461 e. The molecule has 1 amide bonds. The van der Waals surface area contributed by atoms with E-state index in [1.807, 2.05) is 33.8 Å². The maximum absolute atomic E-state index is 13.2. The number of nitro groups is 1. The molecule has 0 saturated carbocycles. The fourth-order valence-corrected chi connectivity index (χ4v) is 3.73. The van der Waals surface area contributed by atoms with Crippen molar-refractivity contribution >= 4 is 18.1 Å². The van der Waals surface area contributed by atoms with Crippen molar-refractivity contribution in [1.82, 2.24) is 10.2 Å². The number of nitrogens with one attached hydrogen (secondary N) is 1. The zero-order chi connectivity index (χ0) is 23.8. The van der Waals surface area contributed by atoms with Gasteiger partial charge in [0.1, 0.15) is 6.61 Å². The minimum Gasteiger partial charge on any atom is -0.461 e. The Balaban J connectivity index is 2.73. The Hall–Kier alpha value is -3.67. The molecule has 1 aromatic rings. The average molecular weight is 441 g/mol. The first kappa shape index (κ1) is 24.6. The Morgan fingerprint density at radius 3 is 2.38 bits per heavy atom. The second-order valence-electron chi connectivity index (χ2n) is 7.52. The van der Waals surface area contributed by atoms with E-state index in [1.165, 1.54) is 12.1 Å². The minimum absolute atomic E-state index is 0.0515. The molecule has 0 spiro atoms. The van der Waals surface area contributed by atoms with Crippen LogP contribution >= 0.6 is 0 Å². The summed E-state index contributed by atoms with van der Waals surface area (Å²) in [6, 6.07) is 7.71. The fourth-order valence-electron chi connectivity index (χ4n) is 3.73. The summed E-state index contributed by atoms with van der Waals surface area (Å²) in [5.74, 6) is -1.25. The van der Waals surface area contributed by atoms with E-state index in [0.717, 1.165) is 12.1 Å². The molecule has 0 radical (unpaired) electrons. The van der Waals surface area contributed by atoms with E-state index in [-0.39, 0.29) is 24.8 Å². The maximum Gasteiger partial charge on any atom is 0.336 e. The lowest BCUT2D eigenvalue weighted by molar-refractivity contribution is -0.384. The third kappa shape index (κ3) is 5.14. The van der Waals surface area contributed by atoms with E-state index in [4.69, 9.17) is 10.00 Å². The van der Waals surface area contributed by atoms with E-state index in [9.17, 15) is 19.7 Å². The Morgan fingerprint density at radius 2 is 1.91 bits per heavy atom. The summed E-state index contributed by atoms with van der Waals surface area (Å²) in [4.78, 5) is 37.4. The SMILES string of the molecule is CCC1=C(C(=O)OCCC#N)C(c2ccc([N+](=O)[O-])cc2)C(N(C=O)C(C)C)=C(CC)N1. The number of carbonyl (C=O) groups excluding carboxylic acids is 2. The van der Waals surface area contributed by atoms with E-state index in [0.29, 0.717) is 35.4 Å². The summed E-state index contributed by atoms with van der Waals surface area (Å²) in [5.41, 5.74) is 2.95.